The summed E-state index contributed by atoms with van der Waals surface area (Å²) in [6, 6.07) is 2.00. The molecule has 1 aromatic heterocycles. The zero-order valence-electron chi connectivity index (χ0n) is 9.82. The summed E-state index contributed by atoms with van der Waals surface area (Å²) < 4.78 is 0. The van der Waals surface area contributed by atoms with Gasteiger partial charge in [0.1, 0.15) is 0 Å². The Morgan fingerprint density at radius 2 is 2.25 bits per heavy atom. The van der Waals surface area contributed by atoms with Crippen molar-refractivity contribution in [3.05, 3.63) is 21.9 Å². The predicted molar refractivity (Wildman–Crippen MR) is 71.6 cm³/mol. The van der Waals surface area contributed by atoms with Crippen LogP contribution in [0.5, 0.6) is 0 Å². The van der Waals surface area contributed by atoms with Crippen LogP contribution in [0.2, 0.25) is 0 Å². The average Bonchev–Trinajstić information content (AvgIpc) is 2.72. The molecule has 3 nitrogen and oxygen atoms in total. The van der Waals surface area contributed by atoms with E-state index in [1.54, 1.807) is 0 Å². The van der Waals surface area contributed by atoms with Gasteiger partial charge in [-0.05, 0) is 22.9 Å². The number of nitrogens with one attached hydrogen (secondary N) is 1. The van der Waals surface area contributed by atoms with Crippen LogP contribution in [0.25, 0.3) is 0 Å². The third-order valence-electron chi connectivity index (χ3n) is 2.52. The number of carbonyl (C=O) groups is 1. The van der Waals surface area contributed by atoms with Gasteiger partial charge in [-0.3, -0.25) is 10.2 Å². The van der Waals surface area contributed by atoms with Crippen molar-refractivity contribution in [3.8, 4) is 0 Å². The molecule has 3 N–H and O–H groups in total. The van der Waals surface area contributed by atoms with Gasteiger partial charge in [0.25, 0.3) is 5.91 Å². The lowest BCUT2D eigenvalue weighted by atomic mass is 10.2. The zero-order chi connectivity index (χ0) is 12.1. The second-order valence-electron chi connectivity index (χ2n) is 4.01. The molecule has 0 fully saturated rings. The monoisotopic (exact) mass is 258 g/mol. The molecule has 1 atom stereocenters. The van der Waals surface area contributed by atoms with Gasteiger partial charge in [-0.25, -0.2) is 5.84 Å². The number of amides is 1. The summed E-state index contributed by atoms with van der Waals surface area (Å²) in [6.07, 6.45) is 0. The Balaban J connectivity index is 2.61. The summed E-state index contributed by atoms with van der Waals surface area (Å²) in [5, 5.41) is 2.52. The van der Waals surface area contributed by atoms with Crippen LogP contribution >= 0.6 is 23.1 Å². The number of thiophene rings is 1. The van der Waals surface area contributed by atoms with Gasteiger partial charge in [0, 0.05) is 11.0 Å². The van der Waals surface area contributed by atoms with Gasteiger partial charge in [-0.1, -0.05) is 20.8 Å². The first-order valence-corrected chi connectivity index (χ1v) is 7.18. The van der Waals surface area contributed by atoms with Crippen molar-refractivity contribution >= 4 is 29.0 Å². The highest BCUT2D eigenvalue weighted by Gasteiger charge is 2.14. The summed E-state index contributed by atoms with van der Waals surface area (Å²) in [6.45, 7) is 6.63. The fourth-order valence-corrected chi connectivity index (χ4v) is 3.11. The van der Waals surface area contributed by atoms with Gasteiger partial charge in [0.15, 0.2) is 0 Å². The molecule has 5 heteroatoms. The number of rotatable bonds is 5. The van der Waals surface area contributed by atoms with Crippen molar-refractivity contribution < 1.29 is 4.79 Å². The zero-order valence-corrected chi connectivity index (χ0v) is 11.5. The van der Waals surface area contributed by atoms with E-state index in [0.717, 1.165) is 16.2 Å². The van der Waals surface area contributed by atoms with E-state index in [-0.39, 0.29) is 5.91 Å². The highest BCUT2D eigenvalue weighted by Crippen LogP contribution is 2.27. The molecule has 0 aliphatic heterocycles. The highest BCUT2D eigenvalue weighted by atomic mass is 32.2. The number of carbonyl (C=O) groups excluding carboxylic acids is 1. The van der Waals surface area contributed by atoms with Gasteiger partial charge >= 0.3 is 0 Å². The Hall–Kier alpha value is -0.520. The number of thioether (sulfide) groups is 1. The van der Waals surface area contributed by atoms with Crippen LogP contribution < -0.4 is 11.3 Å². The van der Waals surface area contributed by atoms with Crippen molar-refractivity contribution in [2.24, 2.45) is 11.8 Å². The maximum atomic E-state index is 11.4. The van der Waals surface area contributed by atoms with E-state index >= 15 is 0 Å². The molecule has 0 aliphatic carbocycles. The molecule has 0 radical (unpaired) electrons. The largest absolute Gasteiger partial charge is 0.289 e. The fourth-order valence-electron chi connectivity index (χ4n) is 1.13. The Labute approximate surface area is 105 Å². The molecule has 1 rings (SSSR count). The molecule has 0 aliphatic rings. The molecule has 0 saturated carbocycles. The molecule has 1 aromatic rings. The molecule has 0 saturated heterocycles. The summed E-state index contributed by atoms with van der Waals surface area (Å²) in [7, 11) is 0. The summed E-state index contributed by atoms with van der Waals surface area (Å²) in [4.78, 5) is 12.2. The number of hydrazine groups is 1. The highest BCUT2D eigenvalue weighted by molar-refractivity contribution is 7.99. The van der Waals surface area contributed by atoms with E-state index in [2.05, 4.69) is 26.2 Å². The molecule has 0 aromatic carbocycles. The molecule has 16 heavy (non-hydrogen) atoms. The summed E-state index contributed by atoms with van der Waals surface area (Å²) >= 11 is 3.31. The second kappa shape index (κ2) is 6.27. The van der Waals surface area contributed by atoms with Crippen molar-refractivity contribution in [1.29, 1.82) is 0 Å². The van der Waals surface area contributed by atoms with Crippen molar-refractivity contribution in [3.63, 3.8) is 0 Å². The Morgan fingerprint density at radius 3 is 2.81 bits per heavy atom. The van der Waals surface area contributed by atoms with Gasteiger partial charge in [0.05, 0.1) is 4.88 Å². The first-order valence-electron chi connectivity index (χ1n) is 5.25. The van der Waals surface area contributed by atoms with Crippen LogP contribution in [0.4, 0.5) is 0 Å². The van der Waals surface area contributed by atoms with Crippen LogP contribution in [0, 0.1) is 5.92 Å². The lowest BCUT2D eigenvalue weighted by Gasteiger charge is -2.14. The van der Waals surface area contributed by atoms with E-state index in [0.29, 0.717) is 11.2 Å². The molecule has 1 amide bonds. The maximum absolute atomic E-state index is 11.4. The van der Waals surface area contributed by atoms with Gasteiger partial charge in [-0.2, -0.15) is 11.8 Å². The minimum absolute atomic E-state index is 0.192. The molecule has 0 bridgehead atoms. The van der Waals surface area contributed by atoms with Crippen molar-refractivity contribution in [2.75, 3.05) is 0 Å². The van der Waals surface area contributed by atoms with E-state index in [9.17, 15) is 4.79 Å². The first-order chi connectivity index (χ1) is 7.56. The Kier molecular flexibility index (Phi) is 5.31. The summed E-state index contributed by atoms with van der Waals surface area (Å²) in [5.41, 5.74) is 3.25. The molecule has 0 spiro atoms. The Bertz CT molecular complexity index is 350. The SMILES string of the molecule is CC(C)C(C)SCc1ccsc1C(=O)NN. The quantitative estimate of drug-likeness (QED) is 0.485. The number of nitrogens with two attached hydrogens (primary N) is 1. The minimum atomic E-state index is -0.192. The van der Waals surface area contributed by atoms with Gasteiger partial charge in [-0.15, -0.1) is 11.3 Å². The topological polar surface area (TPSA) is 55.1 Å². The number of hydrogen-bond donors (Lipinski definition) is 2. The van der Waals surface area contributed by atoms with Crippen LogP contribution in [-0.4, -0.2) is 11.2 Å². The van der Waals surface area contributed by atoms with Crippen LogP contribution in [0.3, 0.4) is 0 Å². The lowest BCUT2D eigenvalue weighted by Crippen LogP contribution is -2.29. The Morgan fingerprint density at radius 1 is 1.56 bits per heavy atom. The van der Waals surface area contributed by atoms with E-state index in [4.69, 9.17) is 5.84 Å². The van der Waals surface area contributed by atoms with E-state index in [1.165, 1.54) is 11.3 Å². The fraction of sp³-hybridized carbons (Fsp3) is 0.545. The number of hydrogen-bond acceptors (Lipinski definition) is 4. The van der Waals surface area contributed by atoms with Gasteiger partial charge in [0.2, 0.25) is 0 Å². The normalized spacial score (nSPS) is 12.8. The standard InChI is InChI=1S/C11H18N2OS2/c1-7(2)8(3)16-6-9-4-5-15-10(9)11(14)13-12/h4-5,7-8H,6,12H2,1-3H3,(H,13,14). The van der Waals surface area contributed by atoms with Crippen LogP contribution in [0.15, 0.2) is 11.4 Å². The maximum Gasteiger partial charge on any atom is 0.275 e. The van der Waals surface area contributed by atoms with Crippen molar-refractivity contribution in [2.45, 2.75) is 31.8 Å². The molecular formula is C11H18N2OS2. The second-order valence-corrected chi connectivity index (χ2v) is 6.29. The lowest BCUT2D eigenvalue weighted by molar-refractivity contribution is 0.0957. The summed E-state index contributed by atoms with van der Waals surface area (Å²) in [5.74, 6) is 6.46. The molecule has 90 valence electrons. The molecule has 1 heterocycles. The third kappa shape index (κ3) is 3.50. The third-order valence-corrected chi connectivity index (χ3v) is 5.03. The van der Waals surface area contributed by atoms with Crippen molar-refractivity contribution in [1.82, 2.24) is 5.43 Å². The van der Waals surface area contributed by atoms with E-state index < -0.39 is 0 Å². The predicted octanol–water partition coefficient (Wildman–Crippen LogP) is 2.63. The van der Waals surface area contributed by atoms with E-state index in [1.807, 2.05) is 23.2 Å². The van der Waals surface area contributed by atoms with Crippen LogP contribution in [-0.2, 0) is 5.75 Å². The minimum Gasteiger partial charge on any atom is -0.289 e. The first kappa shape index (κ1) is 13.5. The molecular weight excluding hydrogens is 240 g/mol. The number of nitrogen functional groups attached to an aromatic ring is 1. The van der Waals surface area contributed by atoms with Crippen LogP contribution in [0.1, 0.15) is 36.0 Å². The average molecular weight is 258 g/mol. The smallest absolute Gasteiger partial charge is 0.275 e. The molecule has 1 unspecified atom stereocenters. The van der Waals surface area contributed by atoms with Gasteiger partial charge < -0.3 is 0 Å².